The molecule has 2 aliphatic heterocycles. The molecule has 0 radical (unpaired) electrons. The Balaban J connectivity index is 1.73. The van der Waals surface area contributed by atoms with Crippen LogP contribution in [0.5, 0.6) is 0 Å². The molecule has 1 fully saturated rings. The molecule has 0 aliphatic carbocycles. The van der Waals surface area contributed by atoms with E-state index in [0.29, 0.717) is 6.61 Å². The standard InChI is InChI=1S/C18H21ClN2O3S2/c1-11-9-18(17-13(5-6-24-18)8-16(19)25-17)10-15(21-11)12-3-2-4-14(7-12)26(20,22)23/h2-4,7-8,11,15,21H,5-6,9-10H2,1H3,(H2,20,22,23)/t11-,15-,18-/m0/s1. The molecule has 1 saturated heterocycles. The van der Waals surface area contributed by atoms with Gasteiger partial charge >= 0.3 is 0 Å². The van der Waals surface area contributed by atoms with Gasteiger partial charge in [-0.15, -0.1) is 11.3 Å². The van der Waals surface area contributed by atoms with Crippen LogP contribution in [0.3, 0.4) is 0 Å². The minimum atomic E-state index is -3.73. The van der Waals surface area contributed by atoms with Gasteiger partial charge in [-0.1, -0.05) is 23.7 Å². The Morgan fingerprint density at radius 3 is 2.92 bits per heavy atom. The van der Waals surface area contributed by atoms with E-state index >= 15 is 0 Å². The van der Waals surface area contributed by atoms with Crippen molar-refractivity contribution in [3.8, 4) is 0 Å². The second-order valence-corrected chi connectivity index (χ2v) is 10.4. The smallest absolute Gasteiger partial charge is 0.238 e. The van der Waals surface area contributed by atoms with Crippen LogP contribution in [0.4, 0.5) is 0 Å². The molecule has 8 heteroatoms. The van der Waals surface area contributed by atoms with Crippen LogP contribution in [0.15, 0.2) is 35.2 Å². The Bertz CT molecular complexity index is 944. The normalized spacial score (nSPS) is 28.9. The molecule has 4 rings (SSSR count). The van der Waals surface area contributed by atoms with Crippen molar-refractivity contribution in [2.75, 3.05) is 6.61 Å². The fourth-order valence-corrected chi connectivity index (χ4v) is 6.21. The monoisotopic (exact) mass is 412 g/mol. The number of nitrogens with two attached hydrogens (primary N) is 1. The van der Waals surface area contributed by atoms with Gasteiger partial charge in [0.1, 0.15) is 5.60 Å². The molecular formula is C18H21ClN2O3S2. The Kier molecular flexibility index (Phi) is 4.66. The lowest BCUT2D eigenvalue weighted by atomic mass is 9.78. The molecule has 2 aromatic rings. The van der Waals surface area contributed by atoms with Crippen LogP contribution < -0.4 is 10.5 Å². The average molecular weight is 413 g/mol. The van der Waals surface area contributed by atoms with Gasteiger partial charge in [-0.05, 0) is 49.1 Å². The molecule has 3 atom stereocenters. The van der Waals surface area contributed by atoms with E-state index in [-0.39, 0.29) is 22.6 Å². The first kappa shape index (κ1) is 18.4. The predicted molar refractivity (Wildman–Crippen MR) is 103 cm³/mol. The summed E-state index contributed by atoms with van der Waals surface area (Å²) >= 11 is 7.88. The maximum absolute atomic E-state index is 11.7. The fourth-order valence-electron chi connectivity index (χ4n) is 4.18. The first-order valence-corrected chi connectivity index (χ1v) is 11.3. The van der Waals surface area contributed by atoms with E-state index < -0.39 is 10.0 Å². The SMILES string of the molecule is C[C@H]1C[C@@]2(C[C@@H](c3cccc(S(N)(=O)=O)c3)N1)OCCc1cc(Cl)sc12. The summed E-state index contributed by atoms with van der Waals surface area (Å²) in [5.74, 6) is 0. The van der Waals surface area contributed by atoms with Crippen LogP contribution in [0.2, 0.25) is 4.34 Å². The molecule has 140 valence electrons. The topological polar surface area (TPSA) is 81.4 Å². The molecule has 1 spiro atoms. The first-order valence-electron chi connectivity index (χ1n) is 8.58. The number of benzene rings is 1. The minimum Gasteiger partial charge on any atom is -0.369 e. The van der Waals surface area contributed by atoms with E-state index in [9.17, 15) is 8.42 Å². The molecule has 5 nitrogen and oxygen atoms in total. The molecule has 3 N–H and O–H groups in total. The molecule has 3 heterocycles. The van der Waals surface area contributed by atoms with Gasteiger partial charge < -0.3 is 10.1 Å². The third-order valence-electron chi connectivity index (χ3n) is 5.19. The lowest BCUT2D eigenvalue weighted by Gasteiger charge is -2.46. The van der Waals surface area contributed by atoms with Gasteiger partial charge in [-0.3, -0.25) is 0 Å². The van der Waals surface area contributed by atoms with Crippen molar-refractivity contribution >= 4 is 33.0 Å². The van der Waals surface area contributed by atoms with E-state index in [2.05, 4.69) is 18.3 Å². The first-order chi connectivity index (χ1) is 12.3. The second kappa shape index (κ2) is 6.58. The summed E-state index contributed by atoms with van der Waals surface area (Å²) < 4.78 is 30.6. The minimum absolute atomic E-state index is 0.0210. The summed E-state index contributed by atoms with van der Waals surface area (Å²) in [6, 6.07) is 9.10. The Morgan fingerprint density at radius 1 is 1.35 bits per heavy atom. The van der Waals surface area contributed by atoms with Gasteiger partial charge in [0.25, 0.3) is 0 Å². The van der Waals surface area contributed by atoms with Crippen LogP contribution in [-0.4, -0.2) is 21.1 Å². The Labute approximate surface area is 162 Å². The fraction of sp³-hybridized carbons (Fsp3) is 0.444. The van der Waals surface area contributed by atoms with Gasteiger partial charge in [-0.25, -0.2) is 13.6 Å². The maximum atomic E-state index is 11.7. The van der Waals surface area contributed by atoms with E-state index in [1.165, 1.54) is 16.5 Å². The zero-order chi connectivity index (χ0) is 18.5. The molecule has 2 aliphatic rings. The zero-order valence-electron chi connectivity index (χ0n) is 14.4. The highest BCUT2D eigenvalue weighted by Crippen LogP contribution is 2.50. The third kappa shape index (κ3) is 3.32. The van der Waals surface area contributed by atoms with Crippen molar-refractivity contribution in [3.63, 3.8) is 0 Å². The molecule has 0 amide bonds. The van der Waals surface area contributed by atoms with Crippen molar-refractivity contribution in [3.05, 3.63) is 50.7 Å². The highest BCUT2D eigenvalue weighted by Gasteiger charge is 2.46. The molecule has 26 heavy (non-hydrogen) atoms. The summed E-state index contributed by atoms with van der Waals surface area (Å²) in [6.45, 7) is 2.81. The van der Waals surface area contributed by atoms with Gasteiger partial charge in [0.15, 0.2) is 0 Å². The number of piperidine rings is 1. The largest absolute Gasteiger partial charge is 0.369 e. The lowest BCUT2D eigenvalue weighted by Crippen LogP contribution is -2.49. The van der Waals surface area contributed by atoms with Crippen LogP contribution in [0.1, 0.15) is 41.8 Å². The van der Waals surface area contributed by atoms with Crippen LogP contribution in [0.25, 0.3) is 0 Å². The number of hydrogen-bond donors (Lipinski definition) is 2. The molecule has 0 saturated carbocycles. The predicted octanol–water partition coefficient (Wildman–Crippen LogP) is 3.33. The van der Waals surface area contributed by atoms with Crippen LogP contribution >= 0.6 is 22.9 Å². The number of nitrogens with one attached hydrogen (secondary N) is 1. The van der Waals surface area contributed by atoms with E-state index in [4.69, 9.17) is 21.5 Å². The van der Waals surface area contributed by atoms with Gasteiger partial charge in [-0.2, -0.15) is 0 Å². The number of ether oxygens (including phenoxy) is 1. The highest BCUT2D eigenvalue weighted by molar-refractivity contribution is 7.89. The molecule has 1 aromatic carbocycles. The van der Waals surface area contributed by atoms with Crippen LogP contribution in [-0.2, 0) is 26.8 Å². The number of halogens is 1. The molecule has 1 aromatic heterocycles. The third-order valence-corrected chi connectivity index (χ3v) is 7.59. The number of primary sulfonamides is 1. The maximum Gasteiger partial charge on any atom is 0.238 e. The van der Waals surface area contributed by atoms with E-state index in [1.54, 1.807) is 23.5 Å². The lowest BCUT2D eigenvalue weighted by molar-refractivity contribution is -0.0954. The summed E-state index contributed by atoms with van der Waals surface area (Å²) in [7, 11) is -3.73. The number of hydrogen-bond acceptors (Lipinski definition) is 5. The zero-order valence-corrected chi connectivity index (χ0v) is 16.8. The van der Waals surface area contributed by atoms with Crippen molar-refractivity contribution in [1.29, 1.82) is 0 Å². The molecule has 0 unspecified atom stereocenters. The molecule has 0 bridgehead atoms. The van der Waals surface area contributed by atoms with E-state index in [1.807, 2.05) is 6.07 Å². The highest BCUT2D eigenvalue weighted by atomic mass is 35.5. The average Bonchev–Trinajstić information content (AvgIpc) is 2.96. The van der Waals surface area contributed by atoms with Gasteiger partial charge in [0, 0.05) is 23.4 Å². The van der Waals surface area contributed by atoms with Gasteiger partial charge in [0.2, 0.25) is 10.0 Å². The summed E-state index contributed by atoms with van der Waals surface area (Å²) in [5, 5.41) is 8.88. The van der Waals surface area contributed by atoms with Crippen molar-refractivity contribution in [2.24, 2.45) is 5.14 Å². The van der Waals surface area contributed by atoms with E-state index in [0.717, 1.165) is 29.2 Å². The molecular weight excluding hydrogens is 392 g/mol. The van der Waals surface area contributed by atoms with Gasteiger partial charge in [0.05, 0.1) is 15.8 Å². The Hall–Kier alpha value is -0.960. The number of thiophene rings is 1. The van der Waals surface area contributed by atoms with Crippen molar-refractivity contribution in [2.45, 2.75) is 48.8 Å². The Morgan fingerprint density at radius 2 is 2.15 bits per heavy atom. The number of fused-ring (bicyclic) bond motifs is 2. The quantitative estimate of drug-likeness (QED) is 0.792. The second-order valence-electron chi connectivity index (χ2n) is 7.14. The number of sulfonamides is 1. The summed E-state index contributed by atoms with van der Waals surface area (Å²) in [6.07, 6.45) is 2.48. The van der Waals surface area contributed by atoms with Crippen molar-refractivity contribution in [1.82, 2.24) is 5.32 Å². The summed E-state index contributed by atoms with van der Waals surface area (Å²) in [4.78, 5) is 1.35. The summed E-state index contributed by atoms with van der Waals surface area (Å²) in [5.41, 5.74) is 1.80. The number of rotatable bonds is 2. The van der Waals surface area contributed by atoms with Crippen molar-refractivity contribution < 1.29 is 13.2 Å². The van der Waals surface area contributed by atoms with Crippen LogP contribution in [0, 0.1) is 0 Å².